The van der Waals surface area contributed by atoms with E-state index in [1.165, 1.54) is 0 Å². The van der Waals surface area contributed by atoms with Crippen LogP contribution in [0.15, 0.2) is 53.5 Å². The van der Waals surface area contributed by atoms with Crippen molar-refractivity contribution in [3.63, 3.8) is 0 Å². The number of benzene rings is 2. The minimum Gasteiger partial charge on any atom is -0.497 e. The van der Waals surface area contributed by atoms with Gasteiger partial charge in [0, 0.05) is 38.8 Å². The van der Waals surface area contributed by atoms with Gasteiger partial charge in [-0.25, -0.2) is 0 Å². The van der Waals surface area contributed by atoms with Gasteiger partial charge in [0.25, 0.3) is 0 Å². The van der Waals surface area contributed by atoms with Gasteiger partial charge in [-0.3, -0.25) is 9.79 Å². The lowest BCUT2D eigenvalue weighted by Gasteiger charge is -2.26. The SMILES string of the molecule is CN=C(NCc1ccc(OC)cc1)NCc1ccc(N2CCCCC2=O)cc1. The van der Waals surface area contributed by atoms with E-state index in [9.17, 15) is 4.79 Å². The van der Waals surface area contributed by atoms with E-state index >= 15 is 0 Å². The van der Waals surface area contributed by atoms with E-state index in [0.29, 0.717) is 19.5 Å². The monoisotopic (exact) mass is 380 g/mol. The molecule has 1 heterocycles. The van der Waals surface area contributed by atoms with Crippen LogP contribution in [-0.2, 0) is 17.9 Å². The summed E-state index contributed by atoms with van der Waals surface area (Å²) in [5, 5.41) is 6.63. The number of amides is 1. The van der Waals surface area contributed by atoms with E-state index in [2.05, 4.69) is 27.8 Å². The molecule has 1 aliphatic rings. The fourth-order valence-corrected chi connectivity index (χ4v) is 3.21. The van der Waals surface area contributed by atoms with Gasteiger partial charge in [0.1, 0.15) is 5.75 Å². The normalized spacial score (nSPS) is 14.7. The summed E-state index contributed by atoms with van der Waals surface area (Å²) in [7, 11) is 3.42. The number of piperidine rings is 1. The molecule has 2 aromatic carbocycles. The average molecular weight is 380 g/mol. The second-order valence-corrected chi connectivity index (χ2v) is 6.80. The molecule has 0 spiro atoms. The first kappa shape index (κ1) is 19.7. The first-order chi connectivity index (χ1) is 13.7. The quantitative estimate of drug-likeness (QED) is 0.597. The van der Waals surface area contributed by atoms with Crippen molar-refractivity contribution in [1.29, 1.82) is 0 Å². The number of hydrogen-bond acceptors (Lipinski definition) is 3. The van der Waals surface area contributed by atoms with Gasteiger partial charge in [-0.15, -0.1) is 0 Å². The van der Waals surface area contributed by atoms with Crippen LogP contribution in [0, 0.1) is 0 Å². The molecule has 2 aromatic rings. The molecular formula is C22H28N4O2. The van der Waals surface area contributed by atoms with Crippen LogP contribution in [0.4, 0.5) is 5.69 Å². The maximum absolute atomic E-state index is 12.0. The van der Waals surface area contributed by atoms with Crippen molar-refractivity contribution < 1.29 is 9.53 Å². The molecule has 0 aromatic heterocycles. The van der Waals surface area contributed by atoms with Gasteiger partial charge in [0.15, 0.2) is 5.96 Å². The lowest BCUT2D eigenvalue weighted by atomic mass is 10.1. The van der Waals surface area contributed by atoms with E-state index in [0.717, 1.165) is 47.9 Å². The number of hydrogen-bond donors (Lipinski definition) is 2. The zero-order chi connectivity index (χ0) is 19.8. The predicted octanol–water partition coefficient (Wildman–Crippen LogP) is 3.08. The molecule has 148 valence electrons. The van der Waals surface area contributed by atoms with Crippen LogP contribution >= 0.6 is 0 Å². The van der Waals surface area contributed by atoms with Crippen molar-refractivity contribution in [2.45, 2.75) is 32.4 Å². The first-order valence-electron chi connectivity index (χ1n) is 9.66. The molecule has 1 saturated heterocycles. The van der Waals surface area contributed by atoms with E-state index in [1.54, 1.807) is 14.2 Å². The van der Waals surface area contributed by atoms with Gasteiger partial charge < -0.3 is 20.3 Å². The number of nitrogens with one attached hydrogen (secondary N) is 2. The largest absolute Gasteiger partial charge is 0.497 e. The number of rotatable bonds is 6. The molecule has 0 atom stereocenters. The van der Waals surface area contributed by atoms with Gasteiger partial charge in [-0.05, 0) is 48.2 Å². The third kappa shape index (κ3) is 5.25. The van der Waals surface area contributed by atoms with Crippen LogP contribution < -0.4 is 20.3 Å². The topological polar surface area (TPSA) is 66.0 Å². The van der Waals surface area contributed by atoms with Crippen LogP contribution in [0.1, 0.15) is 30.4 Å². The van der Waals surface area contributed by atoms with Crippen molar-refractivity contribution >= 4 is 17.6 Å². The first-order valence-corrected chi connectivity index (χ1v) is 9.66. The van der Waals surface area contributed by atoms with Gasteiger partial charge in [-0.2, -0.15) is 0 Å². The molecule has 0 saturated carbocycles. The highest BCUT2D eigenvalue weighted by Crippen LogP contribution is 2.21. The fraction of sp³-hybridized carbons (Fsp3) is 0.364. The van der Waals surface area contributed by atoms with Crippen LogP contribution in [0.5, 0.6) is 5.75 Å². The van der Waals surface area contributed by atoms with Gasteiger partial charge in [0.2, 0.25) is 5.91 Å². The van der Waals surface area contributed by atoms with E-state index in [1.807, 2.05) is 41.3 Å². The maximum Gasteiger partial charge on any atom is 0.226 e. The standard InChI is InChI=1S/C22H28N4O2/c1-23-22(25-16-18-8-12-20(28-2)13-9-18)24-15-17-6-10-19(11-7-17)26-14-4-3-5-21(26)27/h6-13H,3-5,14-16H2,1-2H3,(H2,23,24,25). The second-order valence-electron chi connectivity index (χ2n) is 6.80. The summed E-state index contributed by atoms with van der Waals surface area (Å²) in [5.41, 5.74) is 3.27. The summed E-state index contributed by atoms with van der Waals surface area (Å²) < 4.78 is 5.18. The average Bonchev–Trinajstić information content (AvgIpc) is 2.75. The zero-order valence-corrected chi connectivity index (χ0v) is 16.6. The second kappa shape index (κ2) is 9.78. The Balaban J connectivity index is 1.49. The number of aliphatic imine (C=N–C) groups is 1. The lowest BCUT2D eigenvalue weighted by molar-refractivity contribution is -0.119. The van der Waals surface area contributed by atoms with Crippen LogP contribution in [0.3, 0.4) is 0 Å². The molecule has 2 N–H and O–H groups in total. The van der Waals surface area contributed by atoms with Crippen LogP contribution in [0.2, 0.25) is 0 Å². The smallest absolute Gasteiger partial charge is 0.226 e. The van der Waals surface area contributed by atoms with Crippen molar-refractivity contribution in [3.05, 3.63) is 59.7 Å². The Hall–Kier alpha value is -3.02. The zero-order valence-electron chi connectivity index (χ0n) is 16.6. The molecule has 0 bridgehead atoms. The molecule has 1 amide bonds. The van der Waals surface area contributed by atoms with Crippen LogP contribution in [-0.4, -0.2) is 32.6 Å². The van der Waals surface area contributed by atoms with Crippen molar-refractivity contribution in [2.75, 3.05) is 25.6 Å². The molecular weight excluding hydrogens is 352 g/mol. The highest BCUT2D eigenvalue weighted by Gasteiger charge is 2.19. The third-order valence-corrected chi connectivity index (χ3v) is 4.87. The van der Waals surface area contributed by atoms with Gasteiger partial charge >= 0.3 is 0 Å². The van der Waals surface area contributed by atoms with E-state index in [-0.39, 0.29) is 5.91 Å². The lowest BCUT2D eigenvalue weighted by Crippen LogP contribution is -2.36. The molecule has 0 aliphatic carbocycles. The summed E-state index contributed by atoms with van der Waals surface area (Å²) in [4.78, 5) is 18.2. The van der Waals surface area contributed by atoms with Crippen molar-refractivity contribution in [2.24, 2.45) is 4.99 Å². The molecule has 28 heavy (non-hydrogen) atoms. The minimum atomic E-state index is 0.222. The number of methoxy groups -OCH3 is 1. The van der Waals surface area contributed by atoms with Crippen molar-refractivity contribution in [3.8, 4) is 5.75 Å². The number of nitrogens with zero attached hydrogens (tertiary/aromatic N) is 2. The fourth-order valence-electron chi connectivity index (χ4n) is 3.21. The highest BCUT2D eigenvalue weighted by atomic mass is 16.5. The van der Waals surface area contributed by atoms with Gasteiger partial charge in [0.05, 0.1) is 7.11 Å². The summed E-state index contributed by atoms with van der Waals surface area (Å²) >= 11 is 0. The summed E-state index contributed by atoms with van der Waals surface area (Å²) in [5.74, 6) is 1.81. The number of ether oxygens (including phenoxy) is 1. The molecule has 3 rings (SSSR count). The predicted molar refractivity (Wildman–Crippen MR) is 113 cm³/mol. The summed E-state index contributed by atoms with van der Waals surface area (Å²) in [6.45, 7) is 2.16. The molecule has 6 nitrogen and oxygen atoms in total. The Morgan fingerprint density at radius 1 is 1.00 bits per heavy atom. The Kier molecular flexibility index (Phi) is 6.89. The highest BCUT2D eigenvalue weighted by molar-refractivity contribution is 5.93. The molecule has 0 unspecified atom stereocenters. The summed E-state index contributed by atoms with van der Waals surface area (Å²) in [6, 6.07) is 16.1. The number of guanidine groups is 1. The minimum absolute atomic E-state index is 0.222. The molecule has 1 aliphatic heterocycles. The third-order valence-electron chi connectivity index (χ3n) is 4.87. The summed E-state index contributed by atoms with van der Waals surface area (Å²) in [6.07, 6.45) is 2.73. The Morgan fingerprint density at radius 3 is 2.14 bits per heavy atom. The Morgan fingerprint density at radius 2 is 1.61 bits per heavy atom. The molecule has 0 radical (unpaired) electrons. The van der Waals surface area contributed by atoms with Crippen molar-refractivity contribution in [1.82, 2.24) is 10.6 Å². The van der Waals surface area contributed by atoms with Crippen LogP contribution in [0.25, 0.3) is 0 Å². The van der Waals surface area contributed by atoms with Gasteiger partial charge in [-0.1, -0.05) is 24.3 Å². The van der Waals surface area contributed by atoms with E-state index in [4.69, 9.17) is 4.74 Å². The number of anilines is 1. The number of carbonyl (C=O) groups is 1. The van der Waals surface area contributed by atoms with E-state index < -0.39 is 0 Å². The number of carbonyl (C=O) groups excluding carboxylic acids is 1. The Bertz CT molecular complexity index is 800. The molecule has 6 heteroatoms. The maximum atomic E-state index is 12.0. The molecule has 1 fully saturated rings. The Labute approximate surface area is 166 Å².